The average molecular weight is 303 g/mol. The highest BCUT2D eigenvalue weighted by atomic mass is 16.2. The van der Waals surface area contributed by atoms with Crippen LogP contribution in [0, 0.1) is 0 Å². The topological polar surface area (TPSA) is 46.1 Å². The third-order valence-electron chi connectivity index (χ3n) is 3.60. The van der Waals surface area contributed by atoms with Crippen molar-refractivity contribution in [3.8, 4) is 11.3 Å². The molecule has 3 rings (SSSR count). The Kier molecular flexibility index (Phi) is 4.43. The van der Waals surface area contributed by atoms with Crippen molar-refractivity contribution >= 4 is 5.91 Å². The van der Waals surface area contributed by atoms with Crippen molar-refractivity contribution in [1.29, 1.82) is 0 Å². The predicted molar refractivity (Wildman–Crippen MR) is 89.7 cm³/mol. The number of amides is 1. The minimum Gasteiger partial charge on any atom is -0.337 e. The van der Waals surface area contributed by atoms with Gasteiger partial charge in [-0.3, -0.25) is 4.79 Å². The molecule has 4 nitrogen and oxygen atoms in total. The molecule has 1 amide bonds. The fourth-order valence-electron chi connectivity index (χ4n) is 2.45. The summed E-state index contributed by atoms with van der Waals surface area (Å²) in [5.74, 6) is -0.0895. The number of carbonyl (C=O) groups is 1. The second-order valence-corrected chi connectivity index (χ2v) is 5.30. The van der Waals surface area contributed by atoms with E-state index in [1.807, 2.05) is 60.7 Å². The molecule has 0 fully saturated rings. The lowest BCUT2D eigenvalue weighted by atomic mass is 10.1. The number of hydrogen-bond acceptors (Lipinski definition) is 3. The molecular weight excluding hydrogens is 286 g/mol. The van der Waals surface area contributed by atoms with Gasteiger partial charge in [-0.05, 0) is 5.56 Å². The minimum absolute atomic E-state index is 0.0895. The molecule has 0 N–H and O–H groups in total. The second kappa shape index (κ2) is 6.83. The Morgan fingerprint density at radius 3 is 2.35 bits per heavy atom. The van der Waals surface area contributed by atoms with Crippen LogP contribution in [0.4, 0.5) is 0 Å². The number of rotatable bonds is 4. The fraction of sp³-hybridized carbons (Fsp3) is 0.105. The Hall–Kier alpha value is -3.01. The SMILES string of the molecule is CN(Cc1ccccc1)C(=O)c1cncnc1-c1ccccc1. The molecule has 0 aliphatic heterocycles. The maximum absolute atomic E-state index is 12.8. The third kappa shape index (κ3) is 3.43. The van der Waals surface area contributed by atoms with E-state index in [2.05, 4.69) is 9.97 Å². The van der Waals surface area contributed by atoms with Crippen molar-refractivity contribution in [2.24, 2.45) is 0 Å². The van der Waals surface area contributed by atoms with E-state index in [1.54, 1.807) is 18.1 Å². The number of aromatic nitrogens is 2. The van der Waals surface area contributed by atoms with E-state index in [-0.39, 0.29) is 5.91 Å². The van der Waals surface area contributed by atoms with Crippen molar-refractivity contribution in [3.63, 3.8) is 0 Å². The Morgan fingerprint density at radius 2 is 1.65 bits per heavy atom. The Balaban J connectivity index is 1.88. The first-order valence-corrected chi connectivity index (χ1v) is 7.40. The van der Waals surface area contributed by atoms with Gasteiger partial charge in [-0.15, -0.1) is 0 Å². The summed E-state index contributed by atoms with van der Waals surface area (Å²) in [6.07, 6.45) is 3.05. The van der Waals surface area contributed by atoms with E-state index in [0.29, 0.717) is 17.8 Å². The maximum atomic E-state index is 12.8. The summed E-state index contributed by atoms with van der Waals surface area (Å²) >= 11 is 0. The molecule has 23 heavy (non-hydrogen) atoms. The van der Waals surface area contributed by atoms with E-state index in [4.69, 9.17) is 0 Å². The molecule has 0 aliphatic carbocycles. The summed E-state index contributed by atoms with van der Waals surface area (Å²) in [4.78, 5) is 22.8. The standard InChI is InChI=1S/C19H17N3O/c1-22(13-15-8-4-2-5-9-15)19(23)17-12-20-14-21-18(17)16-10-6-3-7-11-16/h2-12,14H,13H2,1H3. The zero-order valence-corrected chi connectivity index (χ0v) is 12.9. The van der Waals surface area contributed by atoms with Crippen LogP contribution in [0.1, 0.15) is 15.9 Å². The third-order valence-corrected chi connectivity index (χ3v) is 3.60. The number of benzene rings is 2. The van der Waals surface area contributed by atoms with E-state index in [9.17, 15) is 4.79 Å². The van der Waals surface area contributed by atoms with E-state index in [0.717, 1.165) is 11.1 Å². The molecule has 0 saturated heterocycles. The van der Waals surface area contributed by atoms with Gasteiger partial charge < -0.3 is 4.90 Å². The molecule has 0 bridgehead atoms. The largest absolute Gasteiger partial charge is 0.337 e. The van der Waals surface area contributed by atoms with Crippen LogP contribution < -0.4 is 0 Å². The zero-order valence-electron chi connectivity index (χ0n) is 12.9. The minimum atomic E-state index is -0.0895. The molecule has 4 heteroatoms. The number of carbonyl (C=O) groups excluding carboxylic acids is 1. The van der Waals surface area contributed by atoms with Crippen LogP contribution >= 0.6 is 0 Å². The second-order valence-electron chi connectivity index (χ2n) is 5.30. The first-order chi connectivity index (χ1) is 11.3. The number of nitrogens with zero attached hydrogens (tertiary/aromatic N) is 3. The molecular formula is C19H17N3O. The Labute approximate surface area is 135 Å². The maximum Gasteiger partial charge on any atom is 0.257 e. The van der Waals surface area contributed by atoms with Crippen LogP contribution in [0.5, 0.6) is 0 Å². The first-order valence-electron chi connectivity index (χ1n) is 7.40. The van der Waals surface area contributed by atoms with Crippen LogP contribution in [0.2, 0.25) is 0 Å². The summed E-state index contributed by atoms with van der Waals surface area (Å²) in [6.45, 7) is 0.544. The summed E-state index contributed by atoms with van der Waals surface area (Å²) < 4.78 is 0. The lowest BCUT2D eigenvalue weighted by Crippen LogP contribution is -2.27. The lowest BCUT2D eigenvalue weighted by Gasteiger charge is -2.18. The van der Waals surface area contributed by atoms with Gasteiger partial charge in [0.25, 0.3) is 5.91 Å². The highest BCUT2D eigenvalue weighted by molar-refractivity contribution is 5.99. The summed E-state index contributed by atoms with van der Waals surface area (Å²) in [5.41, 5.74) is 3.16. The van der Waals surface area contributed by atoms with Gasteiger partial charge in [0.1, 0.15) is 6.33 Å². The molecule has 0 radical (unpaired) electrons. The Morgan fingerprint density at radius 1 is 1.00 bits per heavy atom. The fourth-order valence-corrected chi connectivity index (χ4v) is 2.45. The van der Waals surface area contributed by atoms with E-state index in [1.165, 1.54) is 6.33 Å². The van der Waals surface area contributed by atoms with Gasteiger partial charge in [0, 0.05) is 25.4 Å². The van der Waals surface area contributed by atoms with Gasteiger partial charge in [0.15, 0.2) is 0 Å². The first kappa shape index (κ1) is 14.9. The summed E-state index contributed by atoms with van der Waals surface area (Å²) in [6, 6.07) is 19.6. The molecule has 2 aromatic carbocycles. The van der Waals surface area contributed by atoms with Gasteiger partial charge in [0.05, 0.1) is 11.3 Å². The van der Waals surface area contributed by atoms with E-state index < -0.39 is 0 Å². The zero-order chi connectivity index (χ0) is 16.1. The highest BCUT2D eigenvalue weighted by Gasteiger charge is 2.18. The molecule has 0 aliphatic rings. The summed E-state index contributed by atoms with van der Waals surface area (Å²) in [5, 5.41) is 0. The van der Waals surface area contributed by atoms with Crippen molar-refractivity contribution < 1.29 is 4.79 Å². The quantitative estimate of drug-likeness (QED) is 0.742. The van der Waals surface area contributed by atoms with Crippen molar-refractivity contribution in [2.75, 3.05) is 7.05 Å². The van der Waals surface area contributed by atoms with Gasteiger partial charge in [0.2, 0.25) is 0 Å². The highest BCUT2D eigenvalue weighted by Crippen LogP contribution is 2.21. The molecule has 0 atom stereocenters. The predicted octanol–water partition coefficient (Wildman–Crippen LogP) is 3.42. The van der Waals surface area contributed by atoms with Crippen LogP contribution in [0.3, 0.4) is 0 Å². The Bertz CT molecular complexity index is 788. The van der Waals surface area contributed by atoms with Gasteiger partial charge >= 0.3 is 0 Å². The van der Waals surface area contributed by atoms with Gasteiger partial charge in [-0.25, -0.2) is 9.97 Å². The van der Waals surface area contributed by atoms with Gasteiger partial charge in [-0.1, -0.05) is 60.7 Å². The van der Waals surface area contributed by atoms with Crippen LogP contribution in [0.15, 0.2) is 73.2 Å². The van der Waals surface area contributed by atoms with Crippen molar-refractivity contribution in [2.45, 2.75) is 6.54 Å². The van der Waals surface area contributed by atoms with Crippen LogP contribution in [-0.2, 0) is 6.54 Å². The molecule has 0 saturated carbocycles. The average Bonchev–Trinajstić information content (AvgIpc) is 2.62. The lowest BCUT2D eigenvalue weighted by molar-refractivity contribution is 0.0785. The molecule has 114 valence electrons. The van der Waals surface area contributed by atoms with Gasteiger partial charge in [-0.2, -0.15) is 0 Å². The summed E-state index contributed by atoms with van der Waals surface area (Å²) in [7, 11) is 1.79. The smallest absolute Gasteiger partial charge is 0.257 e. The molecule has 3 aromatic rings. The molecule has 0 unspecified atom stereocenters. The normalized spacial score (nSPS) is 10.3. The van der Waals surface area contributed by atoms with Crippen LogP contribution in [0.25, 0.3) is 11.3 Å². The molecule has 1 aromatic heterocycles. The monoisotopic (exact) mass is 303 g/mol. The molecule has 1 heterocycles. The van der Waals surface area contributed by atoms with Crippen molar-refractivity contribution in [1.82, 2.24) is 14.9 Å². The van der Waals surface area contributed by atoms with Crippen molar-refractivity contribution in [3.05, 3.63) is 84.3 Å². The van der Waals surface area contributed by atoms with E-state index >= 15 is 0 Å². The number of hydrogen-bond donors (Lipinski definition) is 0. The molecule has 0 spiro atoms. The van der Waals surface area contributed by atoms with Crippen LogP contribution in [-0.4, -0.2) is 27.8 Å².